The molecule has 1 aromatic carbocycles. The molecule has 0 aliphatic heterocycles. The smallest absolute Gasteiger partial charge is 0.265 e. The van der Waals surface area contributed by atoms with Gasteiger partial charge in [0.1, 0.15) is 0 Å². The molecule has 0 aromatic heterocycles. The largest absolute Gasteiger partial charge is 0.399 e. The molecule has 0 radical (unpaired) electrons. The van der Waals surface area contributed by atoms with Gasteiger partial charge in [0.05, 0.1) is 6.61 Å². The molecule has 3 nitrogen and oxygen atoms in total. The number of likely N-dealkylation sites (N-methyl/N-ethyl adjacent to an activating group) is 1. The number of halogens is 2. The summed E-state index contributed by atoms with van der Waals surface area (Å²) in [6.07, 6.45) is -0.0135. The number of nitrogen functional groups attached to an aromatic ring is 1. The molecule has 1 aromatic rings. The lowest BCUT2D eigenvalue weighted by Crippen LogP contribution is -2.24. The molecule has 0 bridgehead atoms. The highest BCUT2D eigenvalue weighted by Gasteiger charge is 2.21. The Hall–Kier alpha value is -1.36. The maximum atomic E-state index is 13.0. The van der Waals surface area contributed by atoms with E-state index in [1.54, 1.807) is 24.1 Å². The third-order valence-electron chi connectivity index (χ3n) is 3.32. The van der Waals surface area contributed by atoms with Crippen molar-refractivity contribution in [1.29, 1.82) is 0 Å². The summed E-state index contributed by atoms with van der Waals surface area (Å²) in [4.78, 5) is 1.79. The normalized spacial score (nSPS) is 14.9. The Balaban J connectivity index is 1.90. The second-order valence-electron chi connectivity index (χ2n) is 5.06. The Morgan fingerprint density at radius 2 is 2.16 bits per heavy atom. The molecule has 1 fully saturated rings. The summed E-state index contributed by atoms with van der Waals surface area (Å²) in [7, 11) is 1.79. The highest BCUT2D eigenvalue weighted by atomic mass is 19.3. The van der Waals surface area contributed by atoms with Crippen molar-refractivity contribution < 1.29 is 13.5 Å². The van der Waals surface area contributed by atoms with Crippen LogP contribution in [0, 0.1) is 5.92 Å². The minimum atomic E-state index is -2.52. The van der Waals surface area contributed by atoms with Gasteiger partial charge < -0.3 is 15.4 Å². The van der Waals surface area contributed by atoms with E-state index in [2.05, 4.69) is 0 Å². The Kier molecular flexibility index (Phi) is 4.58. The number of rotatable bonds is 7. The van der Waals surface area contributed by atoms with E-state index in [9.17, 15) is 8.78 Å². The first kappa shape index (κ1) is 14.1. The number of benzene rings is 1. The van der Waals surface area contributed by atoms with Crippen LogP contribution in [0.2, 0.25) is 0 Å². The number of alkyl halides is 2. The third-order valence-corrected chi connectivity index (χ3v) is 3.32. The highest BCUT2D eigenvalue weighted by molar-refractivity contribution is 5.59. The molecular formula is C14H20F2N2O. The Morgan fingerprint density at radius 3 is 2.79 bits per heavy atom. The van der Waals surface area contributed by atoms with E-state index < -0.39 is 6.43 Å². The van der Waals surface area contributed by atoms with E-state index in [0.717, 1.165) is 12.5 Å². The van der Waals surface area contributed by atoms with Crippen LogP contribution < -0.4 is 10.6 Å². The summed E-state index contributed by atoms with van der Waals surface area (Å²) >= 11 is 0. The Morgan fingerprint density at radius 1 is 1.42 bits per heavy atom. The summed E-state index contributed by atoms with van der Waals surface area (Å²) in [6.45, 7) is 1.94. The zero-order valence-electron chi connectivity index (χ0n) is 11.1. The molecule has 19 heavy (non-hydrogen) atoms. The van der Waals surface area contributed by atoms with Crippen molar-refractivity contribution in [2.75, 3.05) is 37.4 Å². The van der Waals surface area contributed by atoms with Gasteiger partial charge in [0, 0.05) is 37.1 Å². The van der Waals surface area contributed by atoms with Gasteiger partial charge in [-0.2, -0.15) is 0 Å². The minimum Gasteiger partial charge on any atom is -0.399 e. The van der Waals surface area contributed by atoms with Crippen molar-refractivity contribution in [1.82, 2.24) is 0 Å². The number of hydrogen-bond acceptors (Lipinski definition) is 3. The van der Waals surface area contributed by atoms with Crippen LogP contribution in [0.5, 0.6) is 0 Å². The minimum absolute atomic E-state index is 0.0234. The molecule has 0 atom stereocenters. The molecule has 1 aliphatic rings. The topological polar surface area (TPSA) is 38.5 Å². The number of anilines is 2. The predicted molar refractivity (Wildman–Crippen MR) is 72.6 cm³/mol. The van der Waals surface area contributed by atoms with Crippen LogP contribution in [0.4, 0.5) is 20.2 Å². The van der Waals surface area contributed by atoms with E-state index >= 15 is 0 Å². The zero-order chi connectivity index (χ0) is 13.8. The molecule has 1 aliphatic carbocycles. The number of hydrogen-bond donors (Lipinski definition) is 1. The molecule has 1 saturated carbocycles. The molecule has 2 N–H and O–H groups in total. The average molecular weight is 270 g/mol. The first-order valence-corrected chi connectivity index (χ1v) is 6.54. The summed E-state index contributed by atoms with van der Waals surface area (Å²) < 4.78 is 31.4. The summed E-state index contributed by atoms with van der Waals surface area (Å²) in [5.41, 5.74) is 6.40. The van der Waals surface area contributed by atoms with Crippen molar-refractivity contribution >= 4 is 11.4 Å². The fraction of sp³-hybridized carbons (Fsp3) is 0.571. The standard InChI is InChI=1S/C14H20F2N2O/c1-18(6-7-19-9-10-2-3-10)13-5-4-11(17)8-12(13)14(15)16/h4-5,8,10,14H,2-3,6-7,9,17H2,1H3. The zero-order valence-corrected chi connectivity index (χ0v) is 11.1. The Labute approximate surface area is 112 Å². The van der Waals surface area contributed by atoms with Gasteiger partial charge in [0.2, 0.25) is 0 Å². The van der Waals surface area contributed by atoms with Gasteiger partial charge >= 0.3 is 0 Å². The van der Waals surface area contributed by atoms with Crippen LogP contribution in [0.3, 0.4) is 0 Å². The monoisotopic (exact) mass is 270 g/mol. The quantitative estimate of drug-likeness (QED) is 0.611. The van der Waals surface area contributed by atoms with Gasteiger partial charge in [0.25, 0.3) is 6.43 Å². The third kappa shape index (κ3) is 4.06. The van der Waals surface area contributed by atoms with Crippen molar-refractivity contribution in [3.8, 4) is 0 Å². The van der Waals surface area contributed by atoms with E-state index in [1.807, 2.05) is 0 Å². The molecule has 0 spiro atoms. The fourth-order valence-electron chi connectivity index (χ4n) is 1.95. The molecule has 0 amide bonds. The molecule has 106 valence electrons. The van der Waals surface area contributed by atoms with Gasteiger partial charge in [-0.15, -0.1) is 0 Å². The Bertz CT molecular complexity index is 422. The summed E-state index contributed by atoms with van der Waals surface area (Å²) in [5.74, 6) is 0.721. The average Bonchev–Trinajstić information content (AvgIpc) is 3.18. The van der Waals surface area contributed by atoms with Crippen LogP contribution >= 0.6 is 0 Å². The van der Waals surface area contributed by atoms with Crippen LogP contribution in [-0.2, 0) is 4.74 Å². The lowest BCUT2D eigenvalue weighted by molar-refractivity contribution is 0.130. The number of ether oxygens (including phenoxy) is 1. The number of nitrogens with zero attached hydrogens (tertiary/aromatic N) is 1. The SMILES string of the molecule is CN(CCOCC1CC1)c1ccc(N)cc1C(F)F. The van der Waals surface area contributed by atoms with E-state index in [4.69, 9.17) is 10.5 Å². The van der Waals surface area contributed by atoms with Gasteiger partial charge in [-0.3, -0.25) is 0 Å². The highest BCUT2D eigenvalue weighted by Crippen LogP contribution is 2.31. The first-order chi connectivity index (χ1) is 9.08. The van der Waals surface area contributed by atoms with Gasteiger partial charge in [-0.25, -0.2) is 8.78 Å². The second-order valence-corrected chi connectivity index (χ2v) is 5.06. The van der Waals surface area contributed by atoms with Gasteiger partial charge in [0.15, 0.2) is 0 Å². The predicted octanol–water partition coefficient (Wildman–Crippen LogP) is 3.07. The van der Waals surface area contributed by atoms with E-state index in [-0.39, 0.29) is 5.56 Å². The van der Waals surface area contributed by atoms with E-state index in [1.165, 1.54) is 18.9 Å². The molecule has 0 unspecified atom stereocenters. The molecule has 0 saturated heterocycles. The second kappa shape index (κ2) is 6.19. The lowest BCUT2D eigenvalue weighted by atomic mass is 10.1. The summed E-state index contributed by atoms with van der Waals surface area (Å²) in [5, 5.41) is 0. The maximum absolute atomic E-state index is 13.0. The van der Waals surface area contributed by atoms with Crippen molar-refractivity contribution in [2.45, 2.75) is 19.3 Å². The number of nitrogens with two attached hydrogens (primary N) is 1. The molecule has 2 rings (SSSR count). The molecule has 5 heteroatoms. The lowest BCUT2D eigenvalue weighted by Gasteiger charge is -2.22. The van der Waals surface area contributed by atoms with Crippen LogP contribution in [0.15, 0.2) is 18.2 Å². The molecular weight excluding hydrogens is 250 g/mol. The fourth-order valence-corrected chi connectivity index (χ4v) is 1.95. The van der Waals surface area contributed by atoms with Gasteiger partial charge in [-0.1, -0.05) is 0 Å². The van der Waals surface area contributed by atoms with Crippen molar-refractivity contribution in [2.24, 2.45) is 5.92 Å². The maximum Gasteiger partial charge on any atom is 0.265 e. The van der Waals surface area contributed by atoms with Crippen LogP contribution in [0.25, 0.3) is 0 Å². The first-order valence-electron chi connectivity index (χ1n) is 6.54. The molecule has 0 heterocycles. The summed E-state index contributed by atoms with van der Waals surface area (Å²) in [6, 6.07) is 4.61. The van der Waals surface area contributed by atoms with E-state index in [0.29, 0.717) is 24.5 Å². The van der Waals surface area contributed by atoms with Crippen molar-refractivity contribution in [3.05, 3.63) is 23.8 Å². The van der Waals surface area contributed by atoms with Crippen LogP contribution in [0.1, 0.15) is 24.8 Å². The van der Waals surface area contributed by atoms with Crippen LogP contribution in [-0.4, -0.2) is 26.8 Å². The van der Waals surface area contributed by atoms with Gasteiger partial charge in [-0.05, 0) is 37.0 Å². The van der Waals surface area contributed by atoms with Crippen molar-refractivity contribution in [3.63, 3.8) is 0 Å².